The van der Waals surface area contributed by atoms with Crippen LogP contribution >= 0.6 is 11.6 Å². The Morgan fingerprint density at radius 3 is 2.44 bits per heavy atom. The van der Waals surface area contributed by atoms with Crippen LogP contribution in [0.3, 0.4) is 0 Å². The number of carbonyl (C=O) groups is 1. The number of piperazine rings is 1. The van der Waals surface area contributed by atoms with E-state index in [0.29, 0.717) is 23.9 Å². The lowest BCUT2D eigenvalue weighted by Crippen LogP contribution is -2.50. The molecule has 134 valence electrons. The highest BCUT2D eigenvalue weighted by molar-refractivity contribution is 7.88. The molecule has 9 heteroatoms. The van der Waals surface area contributed by atoms with Crippen molar-refractivity contribution in [3.63, 3.8) is 0 Å². The third-order valence-electron chi connectivity index (χ3n) is 3.83. The van der Waals surface area contributed by atoms with Gasteiger partial charge in [-0.25, -0.2) is 8.42 Å². The molecule has 2 heterocycles. The Morgan fingerprint density at radius 2 is 1.80 bits per heavy atom. The van der Waals surface area contributed by atoms with Gasteiger partial charge in [0.25, 0.3) is 11.9 Å². The van der Waals surface area contributed by atoms with Gasteiger partial charge in [-0.3, -0.25) is 4.79 Å². The number of sulfonamides is 1. The zero-order chi connectivity index (χ0) is 18.0. The van der Waals surface area contributed by atoms with E-state index in [0.717, 1.165) is 6.26 Å². The van der Waals surface area contributed by atoms with E-state index in [2.05, 4.69) is 0 Å². The van der Waals surface area contributed by atoms with Gasteiger partial charge in [-0.15, -0.1) is 0 Å². The number of furan rings is 1. The van der Waals surface area contributed by atoms with Crippen LogP contribution in [0.2, 0.25) is 5.02 Å². The van der Waals surface area contributed by atoms with Crippen molar-refractivity contribution in [2.24, 2.45) is 0 Å². The Morgan fingerprint density at radius 1 is 1.12 bits per heavy atom. The monoisotopic (exact) mass is 384 g/mol. The van der Waals surface area contributed by atoms with E-state index < -0.39 is 10.0 Å². The van der Waals surface area contributed by atoms with Crippen molar-refractivity contribution < 1.29 is 22.4 Å². The first-order chi connectivity index (χ1) is 11.8. The molecule has 1 aliphatic rings. The topological polar surface area (TPSA) is 80.1 Å². The van der Waals surface area contributed by atoms with Gasteiger partial charge in [0.2, 0.25) is 10.0 Å². The van der Waals surface area contributed by atoms with Crippen LogP contribution in [0, 0.1) is 0 Å². The number of ether oxygens (including phenoxy) is 1. The summed E-state index contributed by atoms with van der Waals surface area (Å²) in [6.07, 6.45) is 1.16. The number of hydrogen-bond donors (Lipinski definition) is 0. The number of amides is 1. The molecule has 0 atom stereocenters. The van der Waals surface area contributed by atoms with Crippen molar-refractivity contribution in [3.8, 4) is 11.7 Å². The molecule has 0 radical (unpaired) electrons. The van der Waals surface area contributed by atoms with E-state index in [-0.39, 0.29) is 30.7 Å². The lowest BCUT2D eigenvalue weighted by atomic mass is 10.3. The Balaban J connectivity index is 1.65. The molecule has 0 unspecified atom stereocenters. The summed E-state index contributed by atoms with van der Waals surface area (Å²) < 4.78 is 35.4. The molecule has 7 nitrogen and oxygen atoms in total. The van der Waals surface area contributed by atoms with E-state index in [9.17, 15) is 13.2 Å². The van der Waals surface area contributed by atoms with Crippen LogP contribution in [0.1, 0.15) is 10.6 Å². The second-order valence-electron chi connectivity index (χ2n) is 5.61. The molecule has 1 aromatic carbocycles. The van der Waals surface area contributed by atoms with Crippen molar-refractivity contribution >= 4 is 27.5 Å². The summed E-state index contributed by atoms with van der Waals surface area (Å²) in [6, 6.07) is 10.0. The van der Waals surface area contributed by atoms with Gasteiger partial charge in [-0.2, -0.15) is 4.31 Å². The molecule has 0 spiro atoms. The van der Waals surface area contributed by atoms with Crippen molar-refractivity contribution in [2.75, 3.05) is 32.4 Å². The van der Waals surface area contributed by atoms with Crippen LogP contribution in [-0.4, -0.2) is 56.0 Å². The zero-order valence-corrected chi connectivity index (χ0v) is 15.1. The van der Waals surface area contributed by atoms with Crippen LogP contribution in [0.4, 0.5) is 0 Å². The largest absolute Gasteiger partial charge is 0.424 e. The van der Waals surface area contributed by atoms with E-state index in [4.69, 9.17) is 20.8 Å². The number of carbonyl (C=O) groups excluding carboxylic acids is 1. The first-order valence-corrected chi connectivity index (χ1v) is 9.84. The molecule has 3 rings (SSSR count). The minimum Gasteiger partial charge on any atom is -0.424 e. The highest BCUT2D eigenvalue weighted by Gasteiger charge is 2.28. The van der Waals surface area contributed by atoms with Crippen LogP contribution < -0.4 is 4.74 Å². The van der Waals surface area contributed by atoms with Gasteiger partial charge in [0.05, 0.1) is 11.3 Å². The fraction of sp³-hybridized carbons (Fsp3) is 0.312. The molecule has 0 aliphatic carbocycles. The number of nitrogens with zero attached hydrogens (tertiary/aromatic N) is 2. The molecular formula is C16H17ClN2O5S. The predicted octanol–water partition coefficient (Wildman–Crippen LogP) is 2.44. The maximum atomic E-state index is 12.5. The van der Waals surface area contributed by atoms with Gasteiger partial charge in [0.1, 0.15) is 5.75 Å². The Hall–Kier alpha value is -2.03. The number of para-hydroxylation sites is 1. The van der Waals surface area contributed by atoms with Crippen LogP contribution in [0.25, 0.3) is 0 Å². The number of halogens is 1. The summed E-state index contributed by atoms with van der Waals surface area (Å²) in [5, 5.41) is 0.434. The van der Waals surface area contributed by atoms with Crippen molar-refractivity contribution in [3.05, 3.63) is 47.2 Å². The lowest BCUT2D eigenvalue weighted by Gasteiger charge is -2.32. The molecule has 1 aliphatic heterocycles. The van der Waals surface area contributed by atoms with E-state index in [1.807, 2.05) is 0 Å². The average molecular weight is 385 g/mol. The Labute approximate surface area is 150 Å². The van der Waals surface area contributed by atoms with Crippen molar-refractivity contribution in [1.29, 1.82) is 0 Å². The third kappa shape index (κ3) is 4.15. The highest BCUT2D eigenvalue weighted by Crippen LogP contribution is 2.30. The first-order valence-electron chi connectivity index (χ1n) is 7.61. The third-order valence-corrected chi connectivity index (χ3v) is 5.45. The summed E-state index contributed by atoms with van der Waals surface area (Å²) in [5.41, 5.74) is 0. The van der Waals surface area contributed by atoms with Gasteiger partial charge in [-0.1, -0.05) is 23.7 Å². The molecule has 1 saturated heterocycles. The molecule has 1 amide bonds. The molecule has 0 saturated carbocycles. The second-order valence-corrected chi connectivity index (χ2v) is 8.00. The van der Waals surface area contributed by atoms with E-state index in [1.54, 1.807) is 35.2 Å². The number of rotatable bonds is 4. The standard InChI is InChI=1S/C16H17ClN2O5S/c1-25(21,22)19-10-8-18(9-11-19)16(20)14-6-7-15(24-14)23-13-5-3-2-4-12(13)17/h2-7H,8-11H2,1H3. The van der Waals surface area contributed by atoms with Crippen molar-refractivity contribution in [2.45, 2.75) is 0 Å². The summed E-state index contributed by atoms with van der Waals surface area (Å²) >= 11 is 6.02. The van der Waals surface area contributed by atoms with Gasteiger partial charge in [-0.05, 0) is 18.2 Å². The summed E-state index contributed by atoms with van der Waals surface area (Å²) in [5.74, 6) is 0.419. The second kappa shape index (κ2) is 7.07. The molecule has 25 heavy (non-hydrogen) atoms. The van der Waals surface area contributed by atoms with Gasteiger partial charge in [0, 0.05) is 32.2 Å². The molecule has 2 aromatic rings. The summed E-state index contributed by atoms with van der Waals surface area (Å²) in [6.45, 7) is 1.17. The molecular weight excluding hydrogens is 368 g/mol. The predicted molar refractivity (Wildman–Crippen MR) is 92.6 cm³/mol. The van der Waals surface area contributed by atoms with Crippen LogP contribution in [-0.2, 0) is 10.0 Å². The molecule has 0 bridgehead atoms. The van der Waals surface area contributed by atoms with Crippen LogP contribution in [0.5, 0.6) is 11.7 Å². The van der Waals surface area contributed by atoms with Crippen LogP contribution in [0.15, 0.2) is 40.8 Å². The first kappa shape index (κ1) is 17.8. The zero-order valence-electron chi connectivity index (χ0n) is 13.5. The fourth-order valence-electron chi connectivity index (χ4n) is 2.50. The maximum absolute atomic E-state index is 12.5. The van der Waals surface area contributed by atoms with Crippen molar-refractivity contribution in [1.82, 2.24) is 9.21 Å². The minimum absolute atomic E-state index is 0.134. The molecule has 0 N–H and O–H groups in total. The van der Waals surface area contributed by atoms with Gasteiger partial charge < -0.3 is 14.1 Å². The fourth-order valence-corrected chi connectivity index (χ4v) is 3.51. The van der Waals surface area contributed by atoms with Gasteiger partial charge in [0.15, 0.2) is 5.76 Å². The number of benzene rings is 1. The van der Waals surface area contributed by atoms with E-state index >= 15 is 0 Å². The Bertz CT molecular complexity index is 872. The molecule has 1 fully saturated rings. The Kier molecular flexibility index (Phi) is 5.03. The highest BCUT2D eigenvalue weighted by atomic mass is 35.5. The number of hydrogen-bond acceptors (Lipinski definition) is 5. The average Bonchev–Trinajstić information content (AvgIpc) is 3.04. The van der Waals surface area contributed by atoms with Gasteiger partial charge >= 0.3 is 0 Å². The normalized spacial score (nSPS) is 16.0. The lowest BCUT2D eigenvalue weighted by molar-refractivity contribution is 0.0661. The molecule has 1 aromatic heterocycles. The smallest absolute Gasteiger partial charge is 0.290 e. The van der Waals surface area contributed by atoms with E-state index in [1.165, 1.54) is 10.4 Å². The maximum Gasteiger partial charge on any atom is 0.290 e. The quantitative estimate of drug-likeness (QED) is 0.808. The SMILES string of the molecule is CS(=O)(=O)N1CCN(C(=O)c2ccc(Oc3ccccc3Cl)o2)CC1. The minimum atomic E-state index is -3.23. The summed E-state index contributed by atoms with van der Waals surface area (Å²) in [7, 11) is -3.23. The summed E-state index contributed by atoms with van der Waals surface area (Å²) in [4.78, 5) is 14.0.